The summed E-state index contributed by atoms with van der Waals surface area (Å²) in [4.78, 5) is 0.267. The number of rotatable bonds is 6. The summed E-state index contributed by atoms with van der Waals surface area (Å²) in [5, 5.41) is 7.45. The third-order valence-corrected chi connectivity index (χ3v) is 4.70. The maximum absolute atomic E-state index is 12.1. The Bertz CT molecular complexity index is 450. The molecule has 5 nitrogen and oxygen atoms in total. The van der Waals surface area contributed by atoms with Crippen LogP contribution in [0.3, 0.4) is 0 Å². The van der Waals surface area contributed by atoms with Crippen molar-refractivity contribution in [3.63, 3.8) is 0 Å². The average Bonchev–Trinajstić information content (AvgIpc) is 2.57. The Kier molecular flexibility index (Phi) is 5.15. The molecule has 0 aromatic carbocycles. The molecule has 0 aliphatic carbocycles. The standard InChI is InChI=1S/C10H18BrN3O2S/c1-7(4-5-11)6-12-17(15,16)10-8(2)13-14-9(10)3/h7,12H,4-6H2,1-3H3,(H,13,14). The topological polar surface area (TPSA) is 74.8 Å². The van der Waals surface area contributed by atoms with E-state index in [1.54, 1.807) is 13.8 Å². The van der Waals surface area contributed by atoms with Crippen molar-refractivity contribution in [2.75, 3.05) is 11.9 Å². The van der Waals surface area contributed by atoms with Crippen LogP contribution in [-0.4, -0.2) is 30.5 Å². The SMILES string of the molecule is Cc1n[nH]c(C)c1S(=O)(=O)NCC(C)CCBr. The molecule has 1 rings (SSSR count). The first kappa shape index (κ1) is 14.7. The quantitative estimate of drug-likeness (QED) is 0.783. The van der Waals surface area contributed by atoms with Gasteiger partial charge in [-0.25, -0.2) is 13.1 Å². The van der Waals surface area contributed by atoms with Crippen molar-refractivity contribution in [2.24, 2.45) is 5.92 Å². The van der Waals surface area contributed by atoms with E-state index in [4.69, 9.17) is 0 Å². The largest absolute Gasteiger partial charge is 0.281 e. The molecule has 0 spiro atoms. The summed E-state index contributed by atoms with van der Waals surface area (Å²) in [5.41, 5.74) is 1.08. The number of aromatic nitrogens is 2. The molecule has 0 bridgehead atoms. The first-order valence-corrected chi connectivity index (χ1v) is 8.06. The van der Waals surface area contributed by atoms with Gasteiger partial charge in [-0.05, 0) is 26.2 Å². The lowest BCUT2D eigenvalue weighted by Crippen LogP contribution is -2.29. The van der Waals surface area contributed by atoms with E-state index in [-0.39, 0.29) is 4.90 Å². The normalized spacial score (nSPS) is 13.9. The van der Waals surface area contributed by atoms with Crippen LogP contribution in [-0.2, 0) is 10.0 Å². The van der Waals surface area contributed by atoms with E-state index in [2.05, 4.69) is 30.8 Å². The summed E-state index contributed by atoms with van der Waals surface area (Å²) in [6.45, 7) is 5.84. The lowest BCUT2D eigenvalue weighted by Gasteiger charge is -2.11. The minimum absolute atomic E-state index is 0.267. The maximum Gasteiger partial charge on any atom is 0.244 e. The summed E-state index contributed by atoms with van der Waals surface area (Å²) in [6.07, 6.45) is 0.936. The van der Waals surface area contributed by atoms with Crippen molar-refractivity contribution >= 4 is 26.0 Å². The molecule has 0 aliphatic heterocycles. The van der Waals surface area contributed by atoms with E-state index >= 15 is 0 Å². The summed E-state index contributed by atoms with van der Waals surface area (Å²) in [7, 11) is -3.45. The van der Waals surface area contributed by atoms with Gasteiger partial charge in [0.15, 0.2) is 0 Å². The monoisotopic (exact) mass is 323 g/mol. The number of aromatic amines is 1. The van der Waals surface area contributed by atoms with Gasteiger partial charge < -0.3 is 0 Å². The van der Waals surface area contributed by atoms with Crippen LogP contribution < -0.4 is 4.72 Å². The fourth-order valence-electron chi connectivity index (χ4n) is 1.55. The first-order valence-electron chi connectivity index (χ1n) is 5.45. The lowest BCUT2D eigenvalue weighted by atomic mass is 10.1. The van der Waals surface area contributed by atoms with Crippen LogP contribution in [0.5, 0.6) is 0 Å². The zero-order chi connectivity index (χ0) is 13.1. The molecule has 0 amide bonds. The molecule has 1 unspecified atom stereocenters. The molecule has 17 heavy (non-hydrogen) atoms. The third-order valence-electron chi connectivity index (χ3n) is 2.55. The zero-order valence-electron chi connectivity index (χ0n) is 10.2. The Labute approximate surface area is 111 Å². The highest BCUT2D eigenvalue weighted by Crippen LogP contribution is 2.16. The van der Waals surface area contributed by atoms with Gasteiger partial charge in [0.25, 0.3) is 0 Å². The van der Waals surface area contributed by atoms with Gasteiger partial charge in [-0.2, -0.15) is 5.10 Å². The number of H-pyrrole nitrogens is 1. The van der Waals surface area contributed by atoms with Crippen LogP contribution in [0.1, 0.15) is 24.7 Å². The number of aryl methyl sites for hydroxylation is 2. The number of hydrogen-bond donors (Lipinski definition) is 2. The maximum atomic E-state index is 12.1. The van der Waals surface area contributed by atoms with Crippen molar-refractivity contribution in [1.29, 1.82) is 0 Å². The van der Waals surface area contributed by atoms with Crippen molar-refractivity contribution in [3.05, 3.63) is 11.4 Å². The second-order valence-electron chi connectivity index (χ2n) is 4.20. The van der Waals surface area contributed by atoms with Crippen LogP contribution in [0.15, 0.2) is 4.90 Å². The van der Waals surface area contributed by atoms with Crippen LogP contribution in [0.4, 0.5) is 0 Å². The minimum Gasteiger partial charge on any atom is -0.281 e. The highest BCUT2D eigenvalue weighted by molar-refractivity contribution is 9.09. The Morgan fingerprint density at radius 1 is 1.47 bits per heavy atom. The smallest absolute Gasteiger partial charge is 0.244 e. The highest BCUT2D eigenvalue weighted by atomic mass is 79.9. The Morgan fingerprint density at radius 3 is 2.59 bits per heavy atom. The molecule has 1 aromatic rings. The van der Waals surface area contributed by atoms with Crippen molar-refractivity contribution in [3.8, 4) is 0 Å². The number of sulfonamides is 1. The molecule has 0 saturated carbocycles. The van der Waals surface area contributed by atoms with Crippen molar-refractivity contribution in [1.82, 2.24) is 14.9 Å². The zero-order valence-corrected chi connectivity index (χ0v) is 12.7. The number of halogens is 1. The van der Waals surface area contributed by atoms with Gasteiger partial charge in [0.1, 0.15) is 4.90 Å². The summed E-state index contributed by atoms with van der Waals surface area (Å²) in [6, 6.07) is 0. The van der Waals surface area contributed by atoms with Gasteiger partial charge in [0.2, 0.25) is 10.0 Å². The molecule has 0 aliphatic rings. The van der Waals surface area contributed by atoms with Crippen molar-refractivity contribution in [2.45, 2.75) is 32.1 Å². The molecule has 2 N–H and O–H groups in total. The van der Waals surface area contributed by atoms with Crippen LogP contribution >= 0.6 is 15.9 Å². The van der Waals surface area contributed by atoms with Crippen molar-refractivity contribution < 1.29 is 8.42 Å². The molecule has 1 heterocycles. The van der Waals surface area contributed by atoms with Gasteiger partial charge in [0, 0.05) is 11.9 Å². The molecular weight excluding hydrogens is 306 g/mol. The molecule has 0 radical (unpaired) electrons. The summed E-state index contributed by atoms with van der Waals surface area (Å²) < 4.78 is 26.7. The predicted molar refractivity (Wildman–Crippen MR) is 70.8 cm³/mol. The summed E-state index contributed by atoms with van der Waals surface area (Å²) in [5.74, 6) is 0.302. The minimum atomic E-state index is -3.45. The van der Waals surface area contributed by atoms with Gasteiger partial charge >= 0.3 is 0 Å². The van der Waals surface area contributed by atoms with Gasteiger partial charge in [0.05, 0.1) is 11.4 Å². The molecule has 1 atom stereocenters. The Hall–Kier alpha value is -0.400. The van der Waals surface area contributed by atoms with E-state index in [1.165, 1.54) is 0 Å². The number of nitrogens with zero attached hydrogens (tertiary/aromatic N) is 1. The predicted octanol–water partition coefficient (Wildman–Crippen LogP) is 1.73. The average molecular weight is 324 g/mol. The van der Waals surface area contributed by atoms with Crippen LogP contribution in [0.2, 0.25) is 0 Å². The lowest BCUT2D eigenvalue weighted by molar-refractivity contribution is 0.531. The number of nitrogens with one attached hydrogen (secondary N) is 2. The van der Waals surface area contributed by atoms with E-state index < -0.39 is 10.0 Å². The van der Waals surface area contributed by atoms with Crippen LogP contribution in [0, 0.1) is 19.8 Å². The molecule has 7 heteroatoms. The molecule has 0 fully saturated rings. The van der Waals surface area contributed by atoms with E-state index in [9.17, 15) is 8.42 Å². The Morgan fingerprint density at radius 2 is 2.12 bits per heavy atom. The van der Waals surface area contributed by atoms with Gasteiger partial charge in [-0.3, -0.25) is 5.10 Å². The second-order valence-corrected chi connectivity index (χ2v) is 6.69. The fraction of sp³-hybridized carbons (Fsp3) is 0.700. The third kappa shape index (κ3) is 3.79. The number of hydrogen-bond acceptors (Lipinski definition) is 3. The van der Waals surface area contributed by atoms with Gasteiger partial charge in [-0.1, -0.05) is 22.9 Å². The van der Waals surface area contributed by atoms with E-state index in [0.717, 1.165) is 11.8 Å². The van der Waals surface area contributed by atoms with E-state index in [0.29, 0.717) is 23.9 Å². The first-order chi connectivity index (χ1) is 7.88. The molecule has 1 aromatic heterocycles. The van der Waals surface area contributed by atoms with Gasteiger partial charge in [-0.15, -0.1) is 0 Å². The second kappa shape index (κ2) is 5.97. The molecule has 0 saturated heterocycles. The molecular formula is C10H18BrN3O2S. The Balaban J connectivity index is 2.76. The fourth-order valence-corrected chi connectivity index (χ4v) is 3.86. The summed E-state index contributed by atoms with van der Waals surface area (Å²) >= 11 is 3.34. The van der Waals surface area contributed by atoms with Crippen LogP contribution in [0.25, 0.3) is 0 Å². The highest BCUT2D eigenvalue weighted by Gasteiger charge is 2.22. The van der Waals surface area contributed by atoms with E-state index in [1.807, 2.05) is 6.92 Å². The molecule has 98 valence electrons. The number of alkyl halides is 1.